The molecule has 0 spiro atoms. The van der Waals surface area contributed by atoms with Crippen molar-refractivity contribution in [3.63, 3.8) is 0 Å². The maximum absolute atomic E-state index is 11.8. The Labute approximate surface area is 217 Å². The molecule has 2 aromatic heterocycles. The zero-order valence-corrected chi connectivity index (χ0v) is 22.7. The van der Waals surface area contributed by atoms with Crippen molar-refractivity contribution in [1.29, 1.82) is 0 Å². The number of nitrogens with zero attached hydrogens (tertiary/aromatic N) is 5. The van der Waals surface area contributed by atoms with E-state index in [0.29, 0.717) is 30.3 Å². The highest BCUT2D eigenvalue weighted by molar-refractivity contribution is 7.19. The molecule has 36 heavy (non-hydrogen) atoms. The number of rotatable bonds is 6. The number of aryl methyl sites for hydroxylation is 1. The Morgan fingerprint density at radius 2 is 2.03 bits per heavy atom. The van der Waals surface area contributed by atoms with Crippen LogP contribution in [0.3, 0.4) is 0 Å². The largest absolute Gasteiger partial charge is 0.474 e. The van der Waals surface area contributed by atoms with Crippen LogP contribution in [0.5, 0.6) is 5.88 Å². The minimum Gasteiger partial charge on any atom is -0.474 e. The molecule has 2 unspecified atom stereocenters. The van der Waals surface area contributed by atoms with E-state index < -0.39 is 0 Å². The van der Waals surface area contributed by atoms with Crippen molar-refractivity contribution in [3.8, 4) is 5.88 Å². The Balaban J connectivity index is 1.51. The van der Waals surface area contributed by atoms with E-state index in [-0.39, 0.29) is 17.9 Å². The fourth-order valence-corrected chi connectivity index (χ4v) is 7.02. The number of fused-ring (bicyclic) bond motifs is 3. The van der Waals surface area contributed by atoms with Crippen LogP contribution in [-0.2, 0) is 11.2 Å². The van der Waals surface area contributed by atoms with Gasteiger partial charge in [-0.15, -0.1) is 11.3 Å². The van der Waals surface area contributed by atoms with Gasteiger partial charge in [0.2, 0.25) is 11.8 Å². The quantitative estimate of drug-likeness (QED) is 0.626. The summed E-state index contributed by atoms with van der Waals surface area (Å²) in [5.41, 5.74) is 7.73. The highest BCUT2D eigenvalue weighted by Crippen LogP contribution is 2.48. The van der Waals surface area contributed by atoms with Gasteiger partial charge in [-0.1, -0.05) is 6.08 Å². The third-order valence-electron chi connectivity index (χ3n) is 8.04. The van der Waals surface area contributed by atoms with E-state index in [1.54, 1.807) is 11.3 Å². The van der Waals surface area contributed by atoms with Crippen LogP contribution in [0, 0.1) is 0 Å². The molecule has 1 fully saturated rings. The van der Waals surface area contributed by atoms with Gasteiger partial charge < -0.3 is 15.4 Å². The Morgan fingerprint density at radius 1 is 1.25 bits per heavy atom. The summed E-state index contributed by atoms with van der Waals surface area (Å²) in [4.78, 5) is 33.2. The van der Waals surface area contributed by atoms with Crippen LogP contribution >= 0.6 is 11.3 Å². The lowest BCUT2D eigenvalue weighted by Crippen LogP contribution is -2.35. The molecule has 0 aromatic carbocycles. The third-order valence-corrected chi connectivity index (χ3v) is 9.20. The zero-order valence-electron chi connectivity index (χ0n) is 21.9. The number of thiophene rings is 1. The van der Waals surface area contributed by atoms with Crippen molar-refractivity contribution in [1.82, 2.24) is 19.8 Å². The molecule has 1 amide bonds. The minimum absolute atomic E-state index is 0.110. The van der Waals surface area contributed by atoms with Crippen LogP contribution in [0.2, 0.25) is 0 Å². The maximum atomic E-state index is 11.8. The molecule has 5 rings (SSSR count). The molecule has 3 heterocycles. The molecule has 0 saturated heterocycles. The summed E-state index contributed by atoms with van der Waals surface area (Å²) in [7, 11) is 6.43. The number of primary amides is 1. The standard InChI is InChI=1S/C27H38N6O2S/c1-16-6-5-7-18(15-33(16)4)29-27-30-25(35-20-11-9-19(10-12-20)32(2)3)24-23-17(14-22(28)34)8-13-21(23)36-26(24)31-27/h5,7,16-17,19-20H,6,8-15H2,1-4H3,(H2,28,34). The van der Waals surface area contributed by atoms with E-state index in [9.17, 15) is 4.79 Å². The summed E-state index contributed by atoms with van der Waals surface area (Å²) >= 11 is 1.69. The second-order valence-corrected chi connectivity index (χ2v) is 12.0. The van der Waals surface area contributed by atoms with E-state index in [2.05, 4.69) is 50.0 Å². The molecule has 2 aromatic rings. The average Bonchev–Trinajstić information content (AvgIpc) is 3.33. The number of carbonyl (C=O) groups is 1. The number of ether oxygens (including phenoxy) is 1. The third kappa shape index (κ3) is 5.33. The van der Waals surface area contributed by atoms with Gasteiger partial charge in [0.15, 0.2) is 0 Å². The molecule has 2 atom stereocenters. The van der Waals surface area contributed by atoms with Gasteiger partial charge in [0.1, 0.15) is 10.9 Å². The molecular formula is C27H38N6O2S. The van der Waals surface area contributed by atoms with Crippen LogP contribution in [0.1, 0.15) is 68.2 Å². The van der Waals surface area contributed by atoms with Crippen molar-refractivity contribution in [2.45, 2.75) is 82.4 Å². The van der Waals surface area contributed by atoms with E-state index in [4.69, 9.17) is 25.4 Å². The second-order valence-electron chi connectivity index (χ2n) is 10.9. The summed E-state index contributed by atoms with van der Waals surface area (Å²) in [5, 5.41) is 0.972. The van der Waals surface area contributed by atoms with E-state index >= 15 is 0 Å². The molecule has 2 N–H and O–H groups in total. The van der Waals surface area contributed by atoms with Gasteiger partial charge >= 0.3 is 0 Å². The van der Waals surface area contributed by atoms with Gasteiger partial charge in [0, 0.05) is 29.9 Å². The molecule has 8 nitrogen and oxygen atoms in total. The summed E-state index contributed by atoms with van der Waals surface area (Å²) in [6.45, 7) is 2.98. The highest BCUT2D eigenvalue weighted by Gasteiger charge is 2.33. The predicted octanol–water partition coefficient (Wildman–Crippen LogP) is 4.20. The smallest absolute Gasteiger partial charge is 0.254 e. The van der Waals surface area contributed by atoms with E-state index in [1.165, 1.54) is 10.4 Å². The molecule has 194 valence electrons. The van der Waals surface area contributed by atoms with E-state index in [0.717, 1.165) is 67.4 Å². The summed E-state index contributed by atoms with van der Waals surface area (Å²) in [6.07, 6.45) is 11.9. The number of hydrogen-bond donors (Lipinski definition) is 1. The lowest BCUT2D eigenvalue weighted by molar-refractivity contribution is -0.118. The fourth-order valence-electron chi connectivity index (χ4n) is 5.76. The first-order chi connectivity index (χ1) is 17.3. The van der Waals surface area contributed by atoms with Crippen LogP contribution in [0.25, 0.3) is 10.2 Å². The first kappa shape index (κ1) is 25.3. The van der Waals surface area contributed by atoms with Crippen LogP contribution in [0.4, 0.5) is 5.95 Å². The second kappa shape index (κ2) is 10.6. The SMILES string of the molecule is CC1CC=CC(=Nc2nc(OC3CCC(N(C)C)CC3)c3c4c(sc3n2)CCC4CC(N)=O)CN1C. The van der Waals surface area contributed by atoms with Crippen molar-refractivity contribution in [3.05, 3.63) is 22.6 Å². The van der Waals surface area contributed by atoms with Gasteiger partial charge in [-0.3, -0.25) is 9.69 Å². The lowest BCUT2D eigenvalue weighted by Gasteiger charge is -2.32. The normalized spacial score (nSPS) is 28.1. The van der Waals surface area contributed by atoms with Gasteiger partial charge in [-0.25, -0.2) is 4.99 Å². The molecule has 1 aliphatic heterocycles. The molecule has 0 bridgehead atoms. The molecule has 0 radical (unpaired) electrons. The Kier molecular flexibility index (Phi) is 7.42. The van der Waals surface area contributed by atoms with Gasteiger partial charge in [-0.2, -0.15) is 9.97 Å². The zero-order chi connectivity index (χ0) is 25.4. The number of aromatic nitrogens is 2. The minimum atomic E-state index is -0.265. The Hall–Kier alpha value is -2.36. The molecule has 2 aliphatic carbocycles. The van der Waals surface area contributed by atoms with Crippen molar-refractivity contribution in [2.24, 2.45) is 10.7 Å². The molecule has 3 aliphatic rings. The van der Waals surface area contributed by atoms with Crippen molar-refractivity contribution in [2.75, 3.05) is 27.7 Å². The number of aliphatic imine (C=N–C) groups is 1. The monoisotopic (exact) mass is 510 g/mol. The van der Waals surface area contributed by atoms with Crippen molar-refractivity contribution < 1.29 is 9.53 Å². The molecule has 1 saturated carbocycles. The van der Waals surface area contributed by atoms with Crippen LogP contribution in [0.15, 0.2) is 17.1 Å². The molecule has 9 heteroatoms. The first-order valence-electron chi connectivity index (χ1n) is 13.2. The highest BCUT2D eigenvalue weighted by atomic mass is 32.1. The Bertz CT molecular complexity index is 1180. The number of carbonyl (C=O) groups excluding carboxylic acids is 1. The lowest BCUT2D eigenvalue weighted by atomic mass is 9.92. The average molecular weight is 511 g/mol. The number of nitrogens with two attached hydrogens (primary N) is 1. The maximum Gasteiger partial charge on any atom is 0.254 e. The molecular weight excluding hydrogens is 472 g/mol. The summed E-state index contributed by atoms with van der Waals surface area (Å²) in [6, 6.07) is 1.07. The van der Waals surface area contributed by atoms with Crippen molar-refractivity contribution >= 4 is 39.1 Å². The number of hydrogen-bond acceptors (Lipinski definition) is 8. The van der Waals surface area contributed by atoms with Gasteiger partial charge in [-0.05, 0) is 90.6 Å². The Morgan fingerprint density at radius 3 is 2.75 bits per heavy atom. The fraction of sp³-hybridized carbons (Fsp3) is 0.630. The van der Waals surface area contributed by atoms with Crippen LogP contribution in [-0.4, -0.2) is 77.3 Å². The number of amides is 1. The summed E-state index contributed by atoms with van der Waals surface area (Å²) in [5.74, 6) is 0.923. The topological polar surface area (TPSA) is 96.9 Å². The summed E-state index contributed by atoms with van der Waals surface area (Å²) < 4.78 is 6.65. The van der Waals surface area contributed by atoms with Gasteiger partial charge in [0.05, 0.1) is 11.1 Å². The first-order valence-corrected chi connectivity index (χ1v) is 14.0. The van der Waals surface area contributed by atoms with Gasteiger partial charge in [0.25, 0.3) is 5.95 Å². The van der Waals surface area contributed by atoms with E-state index in [1.807, 2.05) is 0 Å². The van der Waals surface area contributed by atoms with Crippen LogP contribution < -0.4 is 10.5 Å². The predicted molar refractivity (Wildman–Crippen MR) is 146 cm³/mol.